The molecule has 9 nitrogen and oxygen atoms in total. The zero-order valence-corrected chi connectivity index (χ0v) is 20.3. The molecule has 0 unspecified atom stereocenters. The SMILES string of the molecule is COCCNC(=O)[C@H](c1ccc(C)o1)N(C(=O)Cn1nnc2ccccc21)c1cccc(C)c1C. The number of furan rings is 1. The standard InChI is InChI=1S/C26H29N5O4/c1-17-8-7-11-21(19(17)3)31(24(32)16-30-22-10-6-5-9-20(22)28-29-30)25(23-13-12-18(2)35-23)26(33)27-14-15-34-4/h5-13,25H,14-16H2,1-4H3,(H,27,33)/t25-/m0/s1. The molecule has 0 aliphatic heterocycles. The van der Waals surface area contributed by atoms with Gasteiger partial charge in [-0.3, -0.25) is 14.5 Å². The fourth-order valence-electron chi connectivity index (χ4n) is 4.00. The number of benzene rings is 2. The van der Waals surface area contributed by atoms with E-state index in [4.69, 9.17) is 9.15 Å². The Morgan fingerprint density at radius 1 is 1.09 bits per heavy atom. The Morgan fingerprint density at radius 3 is 2.63 bits per heavy atom. The summed E-state index contributed by atoms with van der Waals surface area (Å²) in [5.74, 6) is 0.324. The number of nitrogens with one attached hydrogen (secondary N) is 1. The minimum atomic E-state index is -1.02. The van der Waals surface area contributed by atoms with Gasteiger partial charge in [0.25, 0.3) is 5.91 Å². The summed E-state index contributed by atoms with van der Waals surface area (Å²) in [7, 11) is 1.56. The monoisotopic (exact) mass is 475 g/mol. The molecular weight excluding hydrogens is 446 g/mol. The molecule has 2 aromatic carbocycles. The van der Waals surface area contributed by atoms with Crippen molar-refractivity contribution in [1.82, 2.24) is 20.3 Å². The van der Waals surface area contributed by atoms with Gasteiger partial charge in [0.1, 0.15) is 23.6 Å². The van der Waals surface area contributed by atoms with Gasteiger partial charge in [0, 0.05) is 19.3 Å². The molecule has 2 heterocycles. The number of hydrogen-bond donors (Lipinski definition) is 1. The normalized spacial score (nSPS) is 12.0. The lowest BCUT2D eigenvalue weighted by Gasteiger charge is -2.31. The van der Waals surface area contributed by atoms with Crippen molar-refractivity contribution in [3.05, 3.63) is 77.2 Å². The van der Waals surface area contributed by atoms with Crippen LogP contribution in [0.2, 0.25) is 0 Å². The summed E-state index contributed by atoms with van der Waals surface area (Å²) < 4.78 is 12.5. The molecule has 4 aromatic rings. The lowest BCUT2D eigenvalue weighted by Crippen LogP contribution is -2.46. The molecule has 1 atom stereocenters. The third-order valence-corrected chi connectivity index (χ3v) is 5.95. The molecule has 35 heavy (non-hydrogen) atoms. The molecule has 2 aromatic heterocycles. The van der Waals surface area contributed by atoms with E-state index in [9.17, 15) is 9.59 Å². The van der Waals surface area contributed by atoms with Gasteiger partial charge in [0.15, 0.2) is 6.04 Å². The first kappa shape index (κ1) is 24.2. The van der Waals surface area contributed by atoms with Gasteiger partial charge in [-0.15, -0.1) is 5.10 Å². The number of hydrogen-bond acceptors (Lipinski definition) is 6. The molecule has 0 fully saturated rings. The van der Waals surface area contributed by atoms with Crippen LogP contribution in [-0.2, 0) is 20.9 Å². The molecule has 4 rings (SSSR count). The highest BCUT2D eigenvalue weighted by Gasteiger charge is 2.36. The summed E-state index contributed by atoms with van der Waals surface area (Å²) in [6, 6.07) is 15.6. The molecule has 0 radical (unpaired) electrons. The Labute approximate surface area is 203 Å². The van der Waals surface area contributed by atoms with Crippen molar-refractivity contribution in [2.75, 3.05) is 25.2 Å². The van der Waals surface area contributed by atoms with E-state index in [1.807, 2.05) is 56.3 Å². The van der Waals surface area contributed by atoms with Crippen molar-refractivity contribution in [3.8, 4) is 0 Å². The first-order valence-corrected chi connectivity index (χ1v) is 11.4. The number of aromatic nitrogens is 3. The van der Waals surface area contributed by atoms with Crippen LogP contribution in [-0.4, -0.2) is 47.1 Å². The molecule has 2 amide bonds. The molecule has 9 heteroatoms. The molecular formula is C26H29N5O4. The minimum Gasteiger partial charge on any atom is -0.464 e. The van der Waals surface area contributed by atoms with E-state index in [1.54, 1.807) is 30.8 Å². The first-order chi connectivity index (χ1) is 16.9. The number of carbonyl (C=O) groups excluding carboxylic acids is 2. The van der Waals surface area contributed by atoms with Gasteiger partial charge in [-0.2, -0.15) is 0 Å². The number of carbonyl (C=O) groups is 2. The van der Waals surface area contributed by atoms with E-state index in [0.717, 1.165) is 16.6 Å². The zero-order chi connectivity index (χ0) is 24.9. The summed E-state index contributed by atoms with van der Waals surface area (Å²) in [5.41, 5.74) is 3.94. The van der Waals surface area contributed by atoms with Gasteiger partial charge in [-0.1, -0.05) is 29.5 Å². The predicted octanol–water partition coefficient (Wildman–Crippen LogP) is 3.49. The summed E-state index contributed by atoms with van der Waals surface area (Å²) in [6.45, 7) is 6.25. The van der Waals surface area contributed by atoms with Crippen molar-refractivity contribution < 1.29 is 18.7 Å². The highest BCUT2D eigenvalue weighted by Crippen LogP contribution is 2.33. The Morgan fingerprint density at radius 2 is 1.89 bits per heavy atom. The number of amides is 2. The van der Waals surface area contributed by atoms with E-state index in [0.29, 0.717) is 35.9 Å². The number of ether oxygens (including phenoxy) is 1. The number of nitrogens with zero attached hydrogens (tertiary/aromatic N) is 4. The van der Waals surface area contributed by atoms with Crippen LogP contribution in [0.15, 0.2) is 59.0 Å². The summed E-state index contributed by atoms with van der Waals surface area (Å²) in [4.78, 5) is 29.0. The van der Waals surface area contributed by atoms with E-state index >= 15 is 0 Å². The number of rotatable bonds is 9. The largest absolute Gasteiger partial charge is 0.464 e. The van der Waals surface area contributed by atoms with Gasteiger partial charge in [-0.25, -0.2) is 4.68 Å². The van der Waals surface area contributed by atoms with Crippen LogP contribution in [0, 0.1) is 20.8 Å². The van der Waals surface area contributed by atoms with Crippen molar-refractivity contribution in [1.29, 1.82) is 0 Å². The van der Waals surface area contributed by atoms with Crippen LogP contribution in [0.25, 0.3) is 11.0 Å². The van der Waals surface area contributed by atoms with Crippen LogP contribution < -0.4 is 10.2 Å². The lowest BCUT2D eigenvalue weighted by molar-refractivity contribution is -0.127. The highest BCUT2D eigenvalue weighted by atomic mass is 16.5. The number of fused-ring (bicyclic) bond motifs is 1. The quantitative estimate of drug-likeness (QED) is 0.372. The fourth-order valence-corrected chi connectivity index (χ4v) is 4.00. The number of methoxy groups -OCH3 is 1. The van der Waals surface area contributed by atoms with Crippen LogP contribution >= 0.6 is 0 Å². The molecule has 0 saturated heterocycles. The van der Waals surface area contributed by atoms with E-state index in [2.05, 4.69) is 15.6 Å². The molecule has 182 valence electrons. The van der Waals surface area contributed by atoms with Crippen LogP contribution in [0.4, 0.5) is 5.69 Å². The van der Waals surface area contributed by atoms with Gasteiger partial charge < -0.3 is 14.5 Å². The molecule has 0 saturated carbocycles. The third-order valence-electron chi connectivity index (χ3n) is 5.95. The third kappa shape index (κ3) is 5.09. The number of anilines is 1. The fraction of sp³-hybridized carbons (Fsp3) is 0.308. The van der Waals surface area contributed by atoms with Gasteiger partial charge in [0.2, 0.25) is 5.91 Å². The van der Waals surface area contributed by atoms with E-state index in [1.165, 1.54) is 4.90 Å². The molecule has 0 aliphatic rings. The number of aryl methyl sites for hydroxylation is 2. The second kappa shape index (κ2) is 10.5. The highest BCUT2D eigenvalue weighted by molar-refractivity contribution is 6.02. The molecule has 1 N–H and O–H groups in total. The topological polar surface area (TPSA) is 102 Å². The van der Waals surface area contributed by atoms with Crippen molar-refractivity contribution in [3.63, 3.8) is 0 Å². The maximum Gasteiger partial charge on any atom is 0.251 e. The Hall–Kier alpha value is -3.98. The van der Waals surface area contributed by atoms with Crippen molar-refractivity contribution in [2.45, 2.75) is 33.4 Å². The average molecular weight is 476 g/mol. The van der Waals surface area contributed by atoms with Crippen molar-refractivity contribution in [2.24, 2.45) is 0 Å². The Bertz CT molecular complexity index is 1340. The van der Waals surface area contributed by atoms with E-state index < -0.39 is 6.04 Å². The summed E-state index contributed by atoms with van der Waals surface area (Å²) in [5, 5.41) is 11.2. The maximum absolute atomic E-state index is 14.0. The summed E-state index contributed by atoms with van der Waals surface area (Å²) in [6.07, 6.45) is 0. The average Bonchev–Trinajstić information content (AvgIpc) is 3.45. The smallest absolute Gasteiger partial charge is 0.251 e. The van der Waals surface area contributed by atoms with Gasteiger partial charge in [0.05, 0.1) is 12.1 Å². The van der Waals surface area contributed by atoms with Crippen molar-refractivity contribution >= 4 is 28.5 Å². The van der Waals surface area contributed by atoms with Crippen LogP contribution in [0.1, 0.15) is 28.7 Å². The molecule has 0 spiro atoms. The van der Waals surface area contributed by atoms with Crippen LogP contribution in [0.5, 0.6) is 0 Å². The lowest BCUT2D eigenvalue weighted by atomic mass is 10.0. The second-order valence-electron chi connectivity index (χ2n) is 8.35. The zero-order valence-electron chi connectivity index (χ0n) is 20.3. The summed E-state index contributed by atoms with van der Waals surface area (Å²) >= 11 is 0. The van der Waals surface area contributed by atoms with E-state index in [-0.39, 0.29) is 18.4 Å². The second-order valence-corrected chi connectivity index (χ2v) is 8.35. The van der Waals surface area contributed by atoms with Crippen LogP contribution in [0.3, 0.4) is 0 Å². The molecule has 0 bridgehead atoms. The molecule has 0 aliphatic carbocycles. The Kier molecular flexibility index (Phi) is 7.26. The Balaban J connectivity index is 1.80. The first-order valence-electron chi connectivity index (χ1n) is 11.4. The van der Waals surface area contributed by atoms with Gasteiger partial charge >= 0.3 is 0 Å². The predicted molar refractivity (Wildman–Crippen MR) is 132 cm³/mol. The maximum atomic E-state index is 14.0. The minimum absolute atomic E-state index is 0.102. The van der Waals surface area contributed by atoms with Gasteiger partial charge in [-0.05, 0) is 62.2 Å². The number of para-hydroxylation sites is 1.